The highest BCUT2D eigenvalue weighted by Gasteiger charge is 2.30. The molecule has 0 unspecified atom stereocenters. The van der Waals surface area contributed by atoms with Gasteiger partial charge in [-0.05, 0) is 30.9 Å². The van der Waals surface area contributed by atoms with Crippen molar-refractivity contribution < 1.29 is 9.53 Å². The Kier molecular flexibility index (Phi) is 6.15. The van der Waals surface area contributed by atoms with Crippen LogP contribution in [-0.4, -0.2) is 58.4 Å². The monoisotopic (exact) mass is 375 g/mol. The minimum Gasteiger partial charge on any atom is -0.383 e. The summed E-state index contributed by atoms with van der Waals surface area (Å²) in [6.45, 7) is 7.05. The number of aromatic nitrogens is 3. The molecule has 0 radical (unpaired) electrons. The summed E-state index contributed by atoms with van der Waals surface area (Å²) in [6, 6.07) is 3.62. The van der Waals surface area contributed by atoms with E-state index in [4.69, 9.17) is 4.74 Å². The molecule has 0 saturated carbocycles. The number of nitrogens with zero attached hydrogens (tertiary/aromatic N) is 4. The largest absolute Gasteiger partial charge is 0.383 e. The van der Waals surface area contributed by atoms with Gasteiger partial charge >= 0.3 is 11.7 Å². The molecule has 0 aromatic carbocycles. The van der Waals surface area contributed by atoms with Gasteiger partial charge in [-0.2, -0.15) is 0 Å². The average Bonchev–Trinajstić information content (AvgIpc) is 3.22. The second-order valence-electron chi connectivity index (χ2n) is 7.45. The van der Waals surface area contributed by atoms with Crippen molar-refractivity contribution in [3.05, 3.63) is 28.8 Å². The maximum absolute atomic E-state index is 13.0. The van der Waals surface area contributed by atoms with Crippen molar-refractivity contribution in [3.8, 4) is 0 Å². The van der Waals surface area contributed by atoms with Gasteiger partial charge in [0.05, 0.1) is 24.7 Å². The Morgan fingerprint density at radius 1 is 1.44 bits per heavy atom. The number of hydrogen-bond donors (Lipinski definition) is 1. The van der Waals surface area contributed by atoms with Crippen LogP contribution in [0.25, 0.3) is 11.2 Å². The second kappa shape index (κ2) is 8.56. The first-order valence-corrected chi connectivity index (χ1v) is 9.60. The maximum atomic E-state index is 13.0. The molecule has 1 aliphatic heterocycles. The van der Waals surface area contributed by atoms with Gasteiger partial charge in [-0.25, -0.2) is 14.6 Å². The van der Waals surface area contributed by atoms with Crippen LogP contribution >= 0.6 is 0 Å². The topological polar surface area (TPSA) is 81.4 Å². The third-order valence-electron chi connectivity index (χ3n) is 5.05. The van der Waals surface area contributed by atoms with Crippen LogP contribution < -0.4 is 11.0 Å². The number of carbonyl (C=O) groups is 1. The zero-order valence-corrected chi connectivity index (χ0v) is 16.4. The van der Waals surface area contributed by atoms with E-state index in [2.05, 4.69) is 24.1 Å². The van der Waals surface area contributed by atoms with Crippen molar-refractivity contribution in [1.29, 1.82) is 0 Å². The van der Waals surface area contributed by atoms with E-state index < -0.39 is 0 Å². The van der Waals surface area contributed by atoms with Crippen LogP contribution in [0.1, 0.15) is 32.7 Å². The number of ether oxygens (including phenoxy) is 1. The molecule has 0 spiro atoms. The molecule has 1 N–H and O–H groups in total. The molecule has 27 heavy (non-hydrogen) atoms. The smallest absolute Gasteiger partial charge is 0.330 e. The molecular weight excluding hydrogens is 346 g/mol. The van der Waals surface area contributed by atoms with Gasteiger partial charge in [-0.15, -0.1) is 0 Å². The minimum absolute atomic E-state index is 0.0534. The Balaban J connectivity index is 1.77. The molecule has 2 aromatic heterocycles. The third kappa shape index (κ3) is 4.16. The number of carbonyl (C=O) groups excluding carboxylic acids is 1. The number of hydrogen-bond acceptors (Lipinski definition) is 4. The summed E-state index contributed by atoms with van der Waals surface area (Å²) >= 11 is 0. The molecule has 2 aromatic rings. The van der Waals surface area contributed by atoms with Crippen LogP contribution in [0.5, 0.6) is 0 Å². The van der Waals surface area contributed by atoms with Crippen molar-refractivity contribution >= 4 is 17.2 Å². The van der Waals surface area contributed by atoms with Crippen LogP contribution in [0.3, 0.4) is 0 Å². The van der Waals surface area contributed by atoms with Crippen molar-refractivity contribution in [2.24, 2.45) is 5.92 Å². The molecule has 0 aliphatic carbocycles. The molecular formula is C19H29N5O3. The summed E-state index contributed by atoms with van der Waals surface area (Å²) in [5.41, 5.74) is 1.39. The third-order valence-corrected chi connectivity index (χ3v) is 5.05. The van der Waals surface area contributed by atoms with E-state index >= 15 is 0 Å². The number of fused-ring (bicyclic) bond motifs is 1. The summed E-state index contributed by atoms with van der Waals surface area (Å²) in [7, 11) is 1.62. The number of rotatable bonds is 7. The lowest BCUT2D eigenvalue weighted by molar-refractivity contribution is 0.187. The van der Waals surface area contributed by atoms with Crippen LogP contribution in [0.15, 0.2) is 23.1 Å². The minimum atomic E-state index is -0.0900. The number of urea groups is 1. The molecule has 0 bridgehead atoms. The van der Waals surface area contributed by atoms with Gasteiger partial charge in [-0.1, -0.05) is 13.8 Å². The van der Waals surface area contributed by atoms with Gasteiger partial charge in [0, 0.05) is 32.9 Å². The van der Waals surface area contributed by atoms with Crippen LogP contribution in [0.2, 0.25) is 0 Å². The molecule has 8 nitrogen and oxygen atoms in total. The van der Waals surface area contributed by atoms with E-state index in [-0.39, 0.29) is 17.8 Å². The Hall–Kier alpha value is -2.35. The highest BCUT2D eigenvalue weighted by Crippen LogP contribution is 2.24. The molecule has 3 heterocycles. The SMILES string of the molecule is COCCn1c(=O)n([C@@H]2CCN(C(=O)NCCC(C)C)C2)c2ncccc21. The number of amides is 2. The first-order valence-electron chi connectivity index (χ1n) is 9.60. The fraction of sp³-hybridized carbons (Fsp3) is 0.632. The van der Waals surface area contributed by atoms with Gasteiger partial charge < -0.3 is 15.0 Å². The highest BCUT2D eigenvalue weighted by atomic mass is 16.5. The van der Waals surface area contributed by atoms with E-state index in [1.807, 2.05) is 12.1 Å². The molecule has 1 fully saturated rings. The van der Waals surface area contributed by atoms with Crippen LogP contribution in [-0.2, 0) is 11.3 Å². The predicted octanol–water partition coefficient (Wildman–Crippen LogP) is 1.85. The Labute approximate surface area is 159 Å². The van der Waals surface area contributed by atoms with E-state index in [0.29, 0.717) is 44.4 Å². The fourth-order valence-electron chi connectivity index (χ4n) is 3.55. The first-order chi connectivity index (χ1) is 13.0. The number of likely N-dealkylation sites (tertiary alicyclic amines) is 1. The molecule has 1 saturated heterocycles. The first kappa shape index (κ1) is 19.4. The lowest BCUT2D eigenvalue weighted by Gasteiger charge is -2.18. The van der Waals surface area contributed by atoms with Gasteiger partial charge in [0.15, 0.2) is 5.65 Å². The second-order valence-corrected chi connectivity index (χ2v) is 7.45. The van der Waals surface area contributed by atoms with Crippen LogP contribution in [0, 0.1) is 5.92 Å². The summed E-state index contributed by atoms with van der Waals surface area (Å²) in [5, 5.41) is 2.98. The Bertz CT molecular complexity index is 841. The Morgan fingerprint density at radius 3 is 3.00 bits per heavy atom. The highest BCUT2D eigenvalue weighted by molar-refractivity contribution is 5.75. The average molecular weight is 375 g/mol. The summed E-state index contributed by atoms with van der Waals surface area (Å²) < 4.78 is 8.58. The van der Waals surface area contributed by atoms with Gasteiger partial charge in [-0.3, -0.25) is 9.13 Å². The molecule has 1 aliphatic rings. The van der Waals surface area contributed by atoms with E-state index in [9.17, 15) is 9.59 Å². The molecule has 148 valence electrons. The van der Waals surface area contributed by atoms with E-state index in [1.54, 1.807) is 27.3 Å². The quantitative estimate of drug-likeness (QED) is 0.801. The zero-order chi connectivity index (χ0) is 19.4. The Morgan fingerprint density at radius 2 is 2.26 bits per heavy atom. The standard InChI is InChI=1S/C19H29N5O3/c1-14(2)6-9-21-18(25)22-10-7-15(13-22)24-17-16(5-4-8-20-17)23(19(24)26)11-12-27-3/h4-5,8,14-15H,6-7,9-13H2,1-3H3,(H,21,25)/t15-/m1/s1. The van der Waals surface area contributed by atoms with Gasteiger partial charge in [0.1, 0.15) is 0 Å². The lowest BCUT2D eigenvalue weighted by Crippen LogP contribution is -2.39. The van der Waals surface area contributed by atoms with Gasteiger partial charge in [0.2, 0.25) is 0 Å². The van der Waals surface area contributed by atoms with Gasteiger partial charge in [0.25, 0.3) is 0 Å². The number of nitrogens with one attached hydrogen (secondary N) is 1. The fourth-order valence-corrected chi connectivity index (χ4v) is 3.55. The molecule has 2 amide bonds. The van der Waals surface area contributed by atoms with Crippen molar-refractivity contribution in [1.82, 2.24) is 24.3 Å². The summed E-state index contributed by atoms with van der Waals surface area (Å²) in [4.78, 5) is 31.6. The molecule has 1 atom stereocenters. The van der Waals surface area contributed by atoms with Crippen LogP contribution in [0.4, 0.5) is 4.79 Å². The number of methoxy groups -OCH3 is 1. The van der Waals surface area contributed by atoms with E-state index in [1.165, 1.54) is 0 Å². The van der Waals surface area contributed by atoms with Crippen molar-refractivity contribution in [3.63, 3.8) is 0 Å². The number of pyridine rings is 1. The van der Waals surface area contributed by atoms with Crippen molar-refractivity contribution in [2.45, 2.75) is 39.3 Å². The molecule has 8 heteroatoms. The summed E-state index contributed by atoms with van der Waals surface area (Å²) in [6.07, 6.45) is 3.40. The lowest BCUT2D eigenvalue weighted by atomic mass is 10.1. The zero-order valence-electron chi connectivity index (χ0n) is 16.4. The van der Waals surface area contributed by atoms with Crippen molar-refractivity contribution in [2.75, 3.05) is 33.4 Å². The number of imidazole rings is 1. The maximum Gasteiger partial charge on any atom is 0.330 e. The summed E-state index contributed by atoms with van der Waals surface area (Å²) in [5.74, 6) is 0.555. The predicted molar refractivity (Wildman–Crippen MR) is 104 cm³/mol. The van der Waals surface area contributed by atoms with E-state index in [0.717, 1.165) is 18.4 Å². The molecule has 3 rings (SSSR count). The normalized spacial score (nSPS) is 17.2.